The van der Waals surface area contributed by atoms with Gasteiger partial charge < -0.3 is 10.2 Å². The molecule has 0 aromatic heterocycles. The van der Waals surface area contributed by atoms with Crippen LogP contribution in [0.15, 0.2) is 108 Å². The highest BCUT2D eigenvalue weighted by Gasteiger charge is 2.36. The molecule has 8 heteroatoms. The minimum atomic E-state index is -4.16. The van der Waals surface area contributed by atoms with E-state index in [9.17, 15) is 18.0 Å². The number of para-hydroxylation sites is 1. The molecule has 252 valence electrons. The van der Waals surface area contributed by atoms with Crippen molar-refractivity contribution in [2.75, 3.05) is 10.8 Å². The first-order valence-electron chi connectivity index (χ1n) is 17.0. The van der Waals surface area contributed by atoms with Gasteiger partial charge in [-0.2, -0.15) is 0 Å². The molecule has 48 heavy (non-hydrogen) atoms. The third-order valence-electron chi connectivity index (χ3n) is 9.35. The van der Waals surface area contributed by atoms with Gasteiger partial charge in [0, 0.05) is 19.0 Å². The smallest absolute Gasteiger partial charge is 0.264 e. The van der Waals surface area contributed by atoms with Crippen molar-refractivity contribution in [3.8, 4) is 0 Å². The molecule has 0 bridgehead atoms. The summed E-state index contributed by atoms with van der Waals surface area (Å²) in [6.07, 6.45) is 5.97. The standard InChI is InChI=1S/C40H47N3O4S/c1-4-33-18-13-14-22-37(33)43(48(46,47)36-25-23-30(2)24-26-36)29-39(44)42(28-34-19-12-11-15-31(34)3)38(27-32-16-7-5-8-17-32)40(45)41-35-20-9-6-10-21-35/h5,7-8,11-19,22-26,35,38H,4,6,9-10,20-21,27-29H2,1-3H3,(H,41,45)/t38-/m1/s1. The van der Waals surface area contributed by atoms with Crippen molar-refractivity contribution in [3.05, 3.63) is 131 Å². The van der Waals surface area contributed by atoms with Crippen molar-refractivity contribution >= 4 is 27.5 Å². The molecule has 0 aliphatic heterocycles. The van der Waals surface area contributed by atoms with E-state index in [0.717, 1.165) is 59.9 Å². The average Bonchev–Trinajstić information content (AvgIpc) is 3.10. The number of hydrogen-bond donors (Lipinski definition) is 1. The predicted octanol–water partition coefficient (Wildman–Crippen LogP) is 7.15. The fourth-order valence-corrected chi connectivity index (χ4v) is 7.93. The lowest BCUT2D eigenvalue weighted by atomic mass is 9.94. The Bertz CT molecular complexity index is 1780. The number of carbonyl (C=O) groups is 2. The molecule has 4 aromatic carbocycles. The number of hydrogen-bond acceptors (Lipinski definition) is 4. The second-order valence-corrected chi connectivity index (χ2v) is 14.7. The number of nitrogens with one attached hydrogen (secondary N) is 1. The molecule has 0 spiro atoms. The maximum atomic E-state index is 14.8. The Labute approximate surface area is 286 Å². The zero-order valence-corrected chi connectivity index (χ0v) is 29.1. The molecule has 5 rings (SSSR count). The number of rotatable bonds is 13. The SMILES string of the molecule is CCc1ccccc1N(CC(=O)N(Cc1ccccc1C)[C@H](Cc1ccccc1)C(=O)NC1CCCCC1)S(=O)(=O)c1ccc(C)cc1. The van der Waals surface area contributed by atoms with Crippen LogP contribution < -0.4 is 9.62 Å². The predicted molar refractivity (Wildman–Crippen MR) is 192 cm³/mol. The maximum absolute atomic E-state index is 14.8. The summed E-state index contributed by atoms with van der Waals surface area (Å²) in [7, 11) is -4.16. The van der Waals surface area contributed by atoms with Crippen molar-refractivity contribution in [1.82, 2.24) is 10.2 Å². The molecule has 0 unspecified atom stereocenters. The minimum Gasteiger partial charge on any atom is -0.352 e. The van der Waals surface area contributed by atoms with Crippen LogP contribution in [0.3, 0.4) is 0 Å². The van der Waals surface area contributed by atoms with Gasteiger partial charge in [0.2, 0.25) is 11.8 Å². The summed E-state index contributed by atoms with van der Waals surface area (Å²) < 4.78 is 30.1. The van der Waals surface area contributed by atoms with Gasteiger partial charge in [-0.15, -0.1) is 0 Å². The van der Waals surface area contributed by atoms with Crippen LogP contribution in [0.4, 0.5) is 5.69 Å². The van der Waals surface area contributed by atoms with Gasteiger partial charge in [0.1, 0.15) is 12.6 Å². The summed E-state index contributed by atoms with van der Waals surface area (Å²) >= 11 is 0. The van der Waals surface area contributed by atoms with E-state index in [-0.39, 0.29) is 23.4 Å². The number of benzene rings is 4. The Morgan fingerprint density at radius 3 is 2.08 bits per heavy atom. The Balaban J connectivity index is 1.59. The molecule has 1 fully saturated rings. The van der Waals surface area contributed by atoms with E-state index in [0.29, 0.717) is 18.5 Å². The van der Waals surface area contributed by atoms with Gasteiger partial charge in [-0.05, 0) is 73.6 Å². The normalized spacial score (nSPS) is 14.2. The van der Waals surface area contributed by atoms with Gasteiger partial charge >= 0.3 is 0 Å². The molecule has 2 amide bonds. The van der Waals surface area contributed by atoms with E-state index >= 15 is 0 Å². The van der Waals surface area contributed by atoms with Crippen molar-refractivity contribution in [2.24, 2.45) is 0 Å². The van der Waals surface area contributed by atoms with E-state index in [4.69, 9.17) is 0 Å². The molecule has 0 saturated heterocycles. The van der Waals surface area contributed by atoms with Crippen molar-refractivity contribution in [2.45, 2.75) is 89.2 Å². The second-order valence-electron chi connectivity index (χ2n) is 12.8. The number of amides is 2. The lowest BCUT2D eigenvalue weighted by Gasteiger charge is -2.35. The summed E-state index contributed by atoms with van der Waals surface area (Å²) in [6.45, 7) is 5.56. The van der Waals surface area contributed by atoms with Gasteiger partial charge in [0.05, 0.1) is 10.6 Å². The number of carbonyl (C=O) groups excluding carboxylic acids is 2. The first kappa shape index (κ1) is 34.9. The van der Waals surface area contributed by atoms with Crippen LogP contribution in [0.5, 0.6) is 0 Å². The van der Waals surface area contributed by atoms with E-state index < -0.39 is 28.5 Å². The highest BCUT2D eigenvalue weighted by Crippen LogP contribution is 2.29. The molecule has 4 aromatic rings. The van der Waals surface area contributed by atoms with E-state index in [2.05, 4.69) is 5.32 Å². The van der Waals surface area contributed by atoms with Crippen molar-refractivity contribution in [1.29, 1.82) is 0 Å². The molecule has 7 nitrogen and oxygen atoms in total. The van der Waals surface area contributed by atoms with Gasteiger partial charge in [-0.3, -0.25) is 13.9 Å². The Morgan fingerprint density at radius 1 is 0.792 bits per heavy atom. The molecular weight excluding hydrogens is 619 g/mol. The molecule has 1 atom stereocenters. The summed E-state index contributed by atoms with van der Waals surface area (Å²) in [5.74, 6) is -0.658. The van der Waals surface area contributed by atoms with Crippen LogP contribution in [0.25, 0.3) is 0 Å². The van der Waals surface area contributed by atoms with Gasteiger partial charge in [0.15, 0.2) is 0 Å². The minimum absolute atomic E-state index is 0.0507. The number of nitrogens with zero attached hydrogens (tertiary/aromatic N) is 2. The average molecular weight is 666 g/mol. The monoisotopic (exact) mass is 665 g/mol. The van der Waals surface area contributed by atoms with Crippen molar-refractivity contribution in [3.63, 3.8) is 0 Å². The molecule has 0 radical (unpaired) electrons. The van der Waals surface area contributed by atoms with Crippen LogP contribution in [0, 0.1) is 13.8 Å². The van der Waals surface area contributed by atoms with Crippen LogP contribution in [0.1, 0.15) is 66.8 Å². The van der Waals surface area contributed by atoms with Crippen molar-refractivity contribution < 1.29 is 18.0 Å². The number of anilines is 1. The second kappa shape index (κ2) is 16.1. The first-order valence-corrected chi connectivity index (χ1v) is 18.5. The van der Waals surface area contributed by atoms with E-state index in [1.165, 1.54) is 4.31 Å². The van der Waals surface area contributed by atoms with Crippen LogP contribution in [-0.4, -0.2) is 43.8 Å². The Morgan fingerprint density at radius 2 is 1.42 bits per heavy atom. The lowest BCUT2D eigenvalue weighted by molar-refractivity contribution is -0.140. The molecule has 1 saturated carbocycles. The zero-order valence-electron chi connectivity index (χ0n) is 28.3. The molecule has 1 aliphatic carbocycles. The third-order valence-corrected chi connectivity index (χ3v) is 11.1. The molecule has 1 aliphatic rings. The summed E-state index contributed by atoms with van der Waals surface area (Å²) in [6, 6.07) is 30.7. The van der Waals surface area contributed by atoms with Gasteiger partial charge in [-0.25, -0.2) is 8.42 Å². The summed E-state index contributed by atoms with van der Waals surface area (Å²) in [5.41, 5.74) is 5.00. The highest BCUT2D eigenvalue weighted by molar-refractivity contribution is 7.92. The molecular formula is C40H47N3O4S. The quantitative estimate of drug-likeness (QED) is 0.164. The third kappa shape index (κ3) is 8.53. The Kier molecular flexibility index (Phi) is 11.7. The summed E-state index contributed by atoms with van der Waals surface area (Å²) in [4.78, 5) is 30.9. The largest absolute Gasteiger partial charge is 0.352 e. The van der Waals surface area contributed by atoms with Crippen LogP contribution in [-0.2, 0) is 39.0 Å². The fourth-order valence-electron chi connectivity index (χ4n) is 6.47. The van der Waals surface area contributed by atoms with E-state index in [1.54, 1.807) is 41.3 Å². The maximum Gasteiger partial charge on any atom is 0.264 e. The molecule has 1 N–H and O–H groups in total. The Hall–Kier alpha value is -4.43. The van der Waals surface area contributed by atoms with Crippen LogP contribution >= 0.6 is 0 Å². The fraction of sp³-hybridized carbons (Fsp3) is 0.350. The first-order chi connectivity index (χ1) is 23.2. The number of sulfonamides is 1. The topological polar surface area (TPSA) is 86.8 Å². The van der Waals surface area contributed by atoms with Crippen LogP contribution in [0.2, 0.25) is 0 Å². The lowest BCUT2D eigenvalue weighted by Crippen LogP contribution is -2.55. The van der Waals surface area contributed by atoms with E-state index in [1.807, 2.05) is 87.5 Å². The van der Waals surface area contributed by atoms with Gasteiger partial charge in [0.25, 0.3) is 10.0 Å². The highest BCUT2D eigenvalue weighted by atomic mass is 32.2. The van der Waals surface area contributed by atoms with Gasteiger partial charge in [-0.1, -0.05) is 117 Å². The molecule has 0 heterocycles. The summed E-state index contributed by atoms with van der Waals surface area (Å²) in [5, 5.41) is 3.27. The number of aryl methyl sites for hydroxylation is 3. The zero-order chi connectivity index (χ0) is 34.1.